The maximum Gasteiger partial charge on any atom is 0.321 e. The van der Waals surface area contributed by atoms with Gasteiger partial charge in [-0.25, -0.2) is 4.79 Å². The lowest BCUT2D eigenvalue weighted by molar-refractivity contribution is 0.129. The van der Waals surface area contributed by atoms with Gasteiger partial charge in [0.1, 0.15) is 0 Å². The van der Waals surface area contributed by atoms with Crippen LogP contribution in [0.4, 0.5) is 4.79 Å². The number of allylic oxidation sites excluding steroid dienone is 1. The van der Waals surface area contributed by atoms with Crippen LogP contribution < -0.4 is 5.32 Å². The van der Waals surface area contributed by atoms with Crippen molar-refractivity contribution < 1.29 is 4.79 Å². The van der Waals surface area contributed by atoms with Crippen molar-refractivity contribution in [1.29, 1.82) is 0 Å². The smallest absolute Gasteiger partial charge is 0.321 e. The summed E-state index contributed by atoms with van der Waals surface area (Å²) in [5, 5.41) is 3.08. The molecule has 3 rings (SSSR count). The molecule has 2 bridgehead atoms. The molecule has 2 aliphatic carbocycles. The van der Waals surface area contributed by atoms with Crippen molar-refractivity contribution in [1.82, 2.24) is 10.2 Å². The van der Waals surface area contributed by atoms with Crippen molar-refractivity contribution >= 4 is 6.03 Å². The average molecular weight is 290 g/mol. The summed E-state index contributed by atoms with van der Waals surface area (Å²) in [5.74, 6) is 0. The van der Waals surface area contributed by atoms with E-state index in [0.29, 0.717) is 16.9 Å². The zero-order valence-electron chi connectivity index (χ0n) is 13.9. The summed E-state index contributed by atoms with van der Waals surface area (Å²) in [7, 11) is 0. The minimum absolute atomic E-state index is 0.125. The number of carbonyl (C=O) groups is 1. The number of fused-ring (bicyclic) bond motifs is 2. The maximum absolute atomic E-state index is 12.6. The minimum atomic E-state index is 0.125. The van der Waals surface area contributed by atoms with Gasteiger partial charge in [-0.2, -0.15) is 0 Å². The number of likely N-dealkylation sites (tertiary alicyclic amines) is 1. The third kappa shape index (κ3) is 3.27. The largest absolute Gasteiger partial charge is 0.321 e. The van der Waals surface area contributed by atoms with Crippen LogP contribution in [0.2, 0.25) is 0 Å². The Kier molecular flexibility index (Phi) is 3.79. The third-order valence-electron chi connectivity index (χ3n) is 5.57. The van der Waals surface area contributed by atoms with Crippen LogP contribution >= 0.6 is 0 Å². The van der Waals surface area contributed by atoms with Gasteiger partial charge in [-0.15, -0.1) is 0 Å². The molecule has 0 spiro atoms. The van der Waals surface area contributed by atoms with E-state index in [1.165, 1.54) is 37.7 Å². The van der Waals surface area contributed by atoms with Gasteiger partial charge < -0.3 is 10.2 Å². The number of nitrogens with zero attached hydrogens (tertiary/aromatic N) is 1. The van der Waals surface area contributed by atoms with E-state index in [2.05, 4.69) is 31.0 Å². The molecule has 3 nitrogen and oxygen atoms in total. The van der Waals surface area contributed by atoms with Gasteiger partial charge in [-0.1, -0.05) is 32.8 Å². The highest BCUT2D eigenvalue weighted by Gasteiger charge is 2.50. The normalized spacial score (nSPS) is 34.7. The van der Waals surface area contributed by atoms with Crippen molar-refractivity contribution in [3.63, 3.8) is 0 Å². The summed E-state index contributed by atoms with van der Waals surface area (Å²) < 4.78 is 0. The van der Waals surface area contributed by atoms with Crippen LogP contribution in [0.15, 0.2) is 11.8 Å². The molecule has 3 fully saturated rings. The Labute approximate surface area is 129 Å². The first-order chi connectivity index (χ1) is 9.87. The molecule has 1 heterocycles. The third-order valence-corrected chi connectivity index (χ3v) is 5.57. The molecular formula is C18H30N2O. The molecule has 118 valence electrons. The topological polar surface area (TPSA) is 32.3 Å². The maximum atomic E-state index is 12.6. The van der Waals surface area contributed by atoms with Gasteiger partial charge in [-0.05, 0) is 55.8 Å². The Morgan fingerprint density at radius 3 is 2.62 bits per heavy atom. The second kappa shape index (κ2) is 5.33. The predicted octanol–water partition coefficient (Wildman–Crippen LogP) is 4.44. The van der Waals surface area contributed by atoms with Crippen LogP contribution in [-0.2, 0) is 0 Å². The predicted molar refractivity (Wildman–Crippen MR) is 85.9 cm³/mol. The van der Waals surface area contributed by atoms with E-state index in [1.807, 2.05) is 6.20 Å². The van der Waals surface area contributed by atoms with Gasteiger partial charge >= 0.3 is 6.03 Å². The highest BCUT2D eigenvalue weighted by atomic mass is 16.2. The number of nitrogens with one attached hydrogen (secondary N) is 1. The van der Waals surface area contributed by atoms with Gasteiger partial charge in [-0.3, -0.25) is 0 Å². The number of hydrogen-bond donors (Lipinski definition) is 1. The van der Waals surface area contributed by atoms with Gasteiger partial charge in [0.05, 0.1) is 0 Å². The van der Waals surface area contributed by atoms with Crippen LogP contribution in [-0.4, -0.2) is 23.5 Å². The van der Waals surface area contributed by atoms with Gasteiger partial charge in [0.15, 0.2) is 0 Å². The monoisotopic (exact) mass is 290 g/mol. The zero-order chi connectivity index (χ0) is 15.1. The zero-order valence-corrected chi connectivity index (χ0v) is 13.9. The molecule has 0 radical (unpaired) electrons. The molecule has 3 aliphatic rings. The Balaban J connectivity index is 1.63. The van der Waals surface area contributed by atoms with Crippen LogP contribution in [0.25, 0.3) is 0 Å². The fraction of sp³-hybridized carbons (Fsp3) is 0.833. The van der Waals surface area contributed by atoms with Crippen LogP contribution in [0.5, 0.6) is 0 Å². The molecule has 1 N–H and O–H groups in total. The van der Waals surface area contributed by atoms with E-state index in [4.69, 9.17) is 0 Å². The lowest BCUT2D eigenvalue weighted by Crippen LogP contribution is -2.42. The molecule has 0 aromatic carbocycles. The average Bonchev–Trinajstić information content (AvgIpc) is 2.66. The van der Waals surface area contributed by atoms with Crippen LogP contribution in [0.1, 0.15) is 72.1 Å². The van der Waals surface area contributed by atoms with Gasteiger partial charge in [0, 0.05) is 18.8 Å². The molecule has 1 saturated heterocycles. The van der Waals surface area contributed by atoms with Crippen LogP contribution in [0, 0.1) is 10.8 Å². The SMILES string of the molecule is CC1(C)CC2CC(C)(CN2C(=O)NC=C2CCCCC2)C1. The second-order valence-corrected chi connectivity index (χ2v) is 8.65. The first-order valence-electron chi connectivity index (χ1n) is 8.62. The fourth-order valence-corrected chi connectivity index (χ4v) is 5.09. The summed E-state index contributed by atoms with van der Waals surface area (Å²) in [6.45, 7) is 7.98. The first kappa shape index (κ1) is 14.9. The van der Waals surface area contributed by atoms with Gasteiger partial charge in [0.25, 0.3) is 0 Å². The van der Waals surface area contributed by atoms with Crippen molar-refractivity contribution in [2.24, 2.45) is 10.8 Å². The minimum Gasteiger partial charge on any atom is -0.321 e. The quantitative estimate of drug-likeness (QED) is 0.760. The van der Waals surface area contributed by atoms with Gasteiger partial charge in [0.2, 0.25) is 0 Å². The highest BCUT2D eigenvalue weighted by molar-refractivity contribution is 5.76. The molecule has 2 unspecified atom stereocenters. The summed E-state index contributed by atoms with van der Waals surface area (Å²) in [6.07, 6.45) is 11.8. The van der Waals surface area contributed by atoms with E-state index < -0.39 is 0 Å². The number of amides is 2. The Morgan fingerprint density at radius 2 is 1.90 bits per heavy atom. The van der Waals surface area contributed by atoms with Crippen molar-refractivity contribution in [2.75, 3.05) is 6.54 Å². The molecule has 3 heteroatoms. The number of rotatable bonds is 1. The standard InChI is InChI=1S/C18H30N2O/c1-17(2)9-15-10-18(3,12-17)13-20(15)16(21)19-11-14-7-5-4-6-8-14/h11,15H,4-10,12-13H2,1-3H3,(H,19,21). The van der Waals surface area contributed by atoms with E-state index >= 15 is 0 Å². The molecular weight excluding hydrogens is 260 g/mol. The highest BCUT2D eigenvalue weighted by Crippen LogP contribution is 2.52. The Morgan fingerprint density at radius 1 is 1.19 bits per heavy atom. The summed E-state index contributed by atoms with van der Waals surface area (Å²) in [5.41, 5.74) is 2.11. The first-order valence-corrected chi connectivity index (χ1v) is 8.62. The lowest BCUT2D eigenvalue weighted by Gasteiger charge is -2.39. The van der Waals surface area contributed by atoms with E-state index in [-0.39, 0.29) is 6.03 Å². The Bertz CT molecular complexity index is 446. The summed E-state index contributed by atoms with van der Waals surface area (Å²) >= 11 is 0. The van der Waals surface area contributed by atoms with E-state index in [0.717, 1.165) is 25.8 Å². The van der Waals surface area contributed by atoms with Crippen molar-refractivity contribution in [3.8, 4) is 0 Å². The summed E-state index contributed by atoms with van der Waals surface area (Å²) in [6, 6.07) is 0.558. The number of urea groups is 1. The fourth-order valence-electron chi connectivity index (χ4n) is 5.09. The number of carbonyl (C=O) groups excluding carboxylic acids is 1. The second-order valence-electron chi connectivity index (χ2n) is 8.65. The number of hydrogen-bond acceptors (Lipinski definition) is 1. The molecule has 1 aliphatic heterocycles. The van der Waals surface area contributed by atoms with E-state index in [9.17, 15) is 4.79 Å². The molecule has 0 aromatic rings. The van der Waals surface area contributed by atoms with E-state index in [1.54, 1.807) is 0 Å². The molecule has 21 heavy (non-hydrogen) atoms. The summed E-state index contributed by atoms with van der Waals surface area (Å²) in [4.78, 5) is 14.7. The molecule has 2 amide bonds. The van der Waals surface area contributed by atoms with Crippen molar-refractivity contribution in [2.45, 2.75) is 78.2 Å². The molecule has 2 atom stereocenters. The molecule has 0 aromatic heterocycles. The van der Waals surface area contributed by atoms with Crippen molar-refractivity contribution in [3.05, 3.63) is 11.8 Å². The lowest BCUT2D eigenvalue weighted by atomic mass is 9.65. The molecule has 2 saturated carbocycles. The van der Waals surface area contributed by atoms with Crippen LogP contribution in [0.3, 0.4) is 0 Å². The Hall–Kier alpha value is -0.990.